The van der Waals surface area contributed by atoms with Crippen LogP contribution in [0, 0.1) is 11.3 Å². The quantitative estimate of drug-likeness (QED) is 0.874. The van der Waals surface area contributed by atoms with Crippen LogP contribution < -0.4 is 4.74 Å². The fourth-order valence-corrected chi connectivity index (χ4v) is 1.56. The molecule has 1 aromatic rings. The highest BCUT2D eigenvalue weighted by Gasteiger charge is 2.08. The number of ether oxygens (including phenoxy) is 2. The standard InChI is InChI=1S/C12H14BrNO3/c1-2-16-7-11(15)8-17-12-4-3-10(13)5-9(12)6-14/h3-5,11,15H,2,7-8H2,1H3. The molecule has 0 spiro atoms. The largest absolute Gasteiger partial charge is 0.489 e. The van der Waals surface area contributed by atoms with Crippen LogP contribution in [0.5, 0.6) is 5.75 Å². The number of hydrogen-bond donors (Lipinski definition) is 1. The first-order valence-corrected chi connectivity index (χ1v) is 6.05. The molecule has 0 fully saturated rings. The monoisotopic (exact) mass is 299 g/mol. The number of nitrogens with zero attached hydrogens (tertiary/aromatic N) is 1. The fourth-order valence-electron chi connectivity index (χ4n) is 1.20. The minimum Gasteiger partial charge on any atom is -0.489 e. The molecule has 0 heterocycles. The summed E-state index contributed by atoms with van der Waals surface area (Å²) in [5.74, 6) is 0.464. The summed E-state index contributed by atoms with van der Waals surface area (Å²) in [4.78, 5) is 0. The maximum Gasteiger partial charge on any atom is 0.137 e. The van der Waals surface area contributed by atoms with E-state index >= 15 is 0 Å². The lowest BCUT2D eigenvalue weighted by Gasteiger charge is -2.13. The minimum absolute atomic E-state index is 0.107. The number of hydrogen-bond acceptors (Lipinski definition) is 4. The highest BCUT2D eigenvalue weighted by atomic mass is 79.9. The molecule has 0 aliphatic heterocycles. The molecule has 1 rings (SSSR count). The first-order chi connectivity index (χ1) is 8.17. The van der Waals surface area contributed by atoms with Crippen molar-refractivity contribution in [3.8, 4) is 11.8 Å². The Balaban J connectivity index is 2.54. The zero-order valence-corrected chi connectivity index (χ0v) is 11.1. The molecule has 1 aromatic carbocycles. The van der Waals surface area contributed by atoms with Gasteiger partial charge >= 0.3 is 0 Å². The van der Waals surface area contributed by atoms with Gasteiger partial charge in [0.1, 0.15) is 24.5 Å². The van der Waals surface area contributed by atoms with E-state index in [1.165, 1.54) is 0 Å². The molecule has 0 bridgehead atoms. The van der Waals surface area contributed by atoms with E-state index in [0.717, 1.165) is 4.47 Å². The van der Waals surface area contributed by atoms with Crippen LogP contribution in [0.1, 0.15) is 12.5 Å². The predicted octanol–water partition coefficient (Wildman–Crippen LogP) is 2.10. The van der Waals surface area contributed by atoms with Crippen LogP contribution in [-0.4, -0.2) is 31.0 Å². The molecule has 1 N–H and O–H groups in total. The summed E-state index contributed by atoms with van der Waals surface area (Å²) in [6, 6.07) is 7.18. The first kappa shape index (κ1) is 14.0. The smallest absolute Gasteiger partial charge is 0.137 e. The Morgan fingerprint density at radius 2 is 2.24 bits per heavy atom. The van der Waals surface area contributed by atoms with Gasteiger partial charge < -0.3 is 14.6 Å². The van der Waals surface area contributed by atoms with E-state index in [4.69, 9.17) is 14.7 Å². The van der Waals surface area contributed by atoms with Crippen molar-refractivity contribution in [2.24, 2.45) is 0 Å². The van der Waals surface area contributed by atoms with Crippen molar-refractivity contribution in [3.05, 3.63) is 28.2 Å². The van der Waals surface area contributed by atoms with Crippen LogP contribution >= 0.6 is 15.9 Å². The maximum atomic E-state index is 9.52. The summed E-state index contributed by atoms with van der Waals surface area (Å²) >= 11 is 3.28. The van der Waals surface area contributed by atoms with Crippen LogP contribution in [0.2, 0.25) is 0 Å². The zero-order valence-electron chi connectivity index (χ0n) is 9.52. The highest BCUT2D eigenvalue weighted by molar-refractivity contribution is 9.10. The molecule has 1 unspecified atom stereocenters. The Kier molecular flexibility index (Phi) is 5.98. The van der Waals surface area contributed by atoms with Gasteiger partial charge in [0.2, 0.25) is 0 Å². The van der Waals surface area contributed by atoms with Gasteiger partial charge in [0.25, 0.3) is 0 Å². The van der Waals surface area contributed by atoms with Crippen molar-refractivity contribution >= 4 is 15.9 Å². The van der Waals surface area contributed by atoms with Gasteiger partial charge in [-0.1, -0.05) is 15.9 Å². The molecular weight excluding hydrogens is 286 g/mol. The molecule has 92 valence electrons. The second kappa shape index (κ2) is 7.28. The second-order valence-electron chi connectivity index (χ2n) is 3.38. The third-order valence-corrected chi connectivity index (χ3v) is 2.50. The molecule has 0 saturated carbocycles. The summed E-state index contributed by atoms with van der Waals surface area (Å²) in [7, 11) is 0. The van der Waals surface area contributed by atoms with E-state index in [9.17, 15) is 5.11 Å². The van der Waals surface area contributed by atoms with E-state index in [2.05, 4.69) is 15.9 Å². The van der Waals surface area contributed by atoms with Crippen LogP contribution in [-0.2, 0) is 4.74 Å². The number of halogens is 1. The molecule has 0 amide bonds. The lowest BCUT2D eigenvalue weighted by atomic mass is 10.2. The SMILES string of the molecule is CCOCC(O)COc1ccc(Br)cc1C#N. The third kappa shape index (κ3) is 4.73. The van der Waals surface area contributed by atoms with Gasteiger partial charge in [-0.25, -0.2) is 0 Å². The highest BCUT2D eigenvalue weighted by Crippen LogP contribution is 2.22. The Morgan fingerprint density at radius 3 is 2.88 bits per heavy atom. The Bertz CT molecular complexity index is 403. The van der Waals surface area contributed by atoms with Crippen molar-refractivity contribution in [1.29, 1.82) is 5.26 Å². The van der Waals surface area contributed by atoms with Gasteiger partial charge in [0.05, 0.1) is 12.2 Å². The van der Waals surface area contributed by atoms with Crippen molar-refractivity contribution in [2.45, 2.75) is 13.0 Å². The van der Waals surface area contributed by atoms with Gasteiger partial charge in [-0.2, -0.15) is 5.26 Å². The van der Waals surface area contributed by atoms with Gasteiger partial charge in [0, 0.05) is 11.1 Å². The van der Waals surface area contributed by atoms with Crippen LogP contribution in [0.4, 0.5) is 0 Å². The predicted molar refractivity (Wildman–Crippen MR) is 66.9 cm³/mol. The van der Waals surface area contributed by atoms with Crippen molar-refractivity contribution in [1.82, 2.24) is 0 Å². The molecule has 0 aliphatic carbocycles. The summed E-state index contributed by atoms with van der Waals surface area (Å²) in [6.07, 6.45) is -0.690. The Hall–Kier alpha value is -1.09. The molecule has 1 atom stereocenters. The third-order valence-electron chi connectivity index (χ3n) is 2.01. The van der Waals surface area contributed by atoms with E-state index in [-0.39, 0.29) is 13.2 Å². The molecule has 4 nitrogen and oxygen atoms in total. The van der Waals surface area contributed by atoms with Gasteiger partial charge in [-0.3, -0.25) is 0 Å². The molecule has 5 heteroatoms. The summed E-state index contributed by atoms with van der Waals surface area (Å²) in [5.41, 5.74) is 0.433. The average molecular weight is 300 g/mol. The first-order valence-electron chi connectivity index (χ1n) is 5.25. The van der Waals surface area contributed by atoms with E-state index in [1.807, 2.05) is 13.0 Å². The number of aliphatic hydroxyl groups excluding tert-OH is 1. The summed E-state index contributed by atoms with van der Waals surface area (Å²) in [5, 5.41) is 18.4. The number of benzene rings is 1. The van der Waals surface area contributed by atoms with E-state index in [0.29, 0.717) is 17.9 Å². The molecule has 0 saturated heterocycles. The van der Waals surface area contributed by atoms with E-state index < -0.39 is 6.10 Å². The zero-order chi connectivity index (χ0) is 12.7. The maximum absolute atomic E-state index is 9.52. The van der Waals surface area contributed by atoms with Crippen molar-refractivity contribution in [3.63, 3.8) is 0 Å². The summed E-state index contributed by atoms with van der Waals surface area (Å²) in [6.45, 7) is 2.75. The number of nitriles is 1. The molecule has 17 heavy (non-hydrogen) atoms. The van der Waals surface area contributed by atoms with E-state index in [1.54, 1.807) is 18.2 Å². The molecular formula is C12H14BrNO3. The van der Waals surface area contributed by atoms with Gasteiger partial charge in [-0.15, -0.1) is 0 Å². The van der Waals surface area contributed by atoms with Crippen LogP contribution in [0.25, 0.3) is 0 Å². The lowest BCUT2D eigenvalue weighted by Crippen LogP contribution is -2.23. The summed E-state index contributed by atoms with van der Waals surface area (Å²) < 4.78 is 11.2. The number of rotatable bonds is 6. The second-order valence-corrected chi connectivity index (χ2v) is 4.29. The minimum atomic E-state index is -0.690. The Labute approximate surface area is 109 Å². The van der Waals surface area contributed by atoms with Gasteiger partial charge in [0.15, 0.2) is 0 Å². The molecule has 0 radical (unpaired) electrons. The topological polar surface area (TPSA) is 62.5 Å². The van der Waals surface area contributed by atoms with Crippen molar-refractivity contribution < 1.29 is 14.6 Å². The average Bonchev–Trinajstić information content (AvgIpc) is 2.34. The van der Waals surface area contributed by atoms with Gasteiger partial charge in [-0.05, 0) is 25.1 Å². The molecule has 0 aliphatic rings. The Morgan fingerprint density at radius 1 is 1.47 bits per heavy atom. The van der Waals surface area contributed by atoms with Crippen LogP contribution in [0.3, 0.4) is 0 Å². The number of aliphatic hydroxyl groups is 1. The fraction of sp³-hybridized carbons (Fsp3) is 0.417. The normalized spacial score (nSPS) is 11.9. The molecule has 0 aromatic heterocycles. The van der Waals surface area contributed by atoms with Crippen molar-refractivity contribution in [2.75, 3.05) is 19.8 Å². The van der Waals surface area contributed by atoms with Crippen LogP contribution in [0.15, 0.2) is 22.7 Å². The lowest BCUT2D eigenvalue weighted by molar-refractivity contribution is 0.0164.